The maximum absolute atomic E-state index is 11.5. The second-order valence-electron chi connectivity index (χ2n) is 3.83. The largest absolute Gasteiger partial charge is 0.384 e. The zero-order chi connectivity index (χ0) is 13.1. The van der Waals surface area contributed by atoms with Crippen LogP contribution in [0, 0.1) is 0 Å². The van der Waals surface area contributed by atoms with Gasteiger partial charge in [0.25, 0.3) is 11.8 Å². The highest BCUT2D eigenvalue weighted by molar-refractivity contribution is 6.22. The number of hydrogen-bond donors (Lipinski definition) is 2. The minimum absolute atomic E-state index is 0.207. The van der Waals surface area contributed by atoms with Crippen LogP contribution in [0.4, 0.5) is 5.69 Å². The van der Waals surface area contributed by atoms with Crippen molar-refractivity contribution in [2.24, 2.45) is 0 Å². The van der Waals surface area contributed by atoms with E-state index in [1.807, 2.05) is 0 Å². The Morgan fingerprint density at radius 3 is 2.72 bits per heavy atom. The Balaban J connectivity index is 2.13. The fraction of sp³-hybridized carbons (Fsp3) is 0.250. The molecule has 0 bridgehead atoms. The number of fused-ring (bicyclic) bond motifs is 1. The van der Waals surface area contributed by atoms with Crippen molar-refractivity contribution in [1.29, 1.82) is 0 Å². The standard InChI is InChI=1S/C12H12N2O4/c1-18-5-4-10(15)13-7-2-3-8-9(6-7)12(17)14-11(8)16/h2-3,6H,4-5H2,1H3,(H,13,15)(H,14,16,17). The molecule has 1 aromatic carbocycles. The fourth-order valence-electron chi connectivity index (χ4n) is 1.66. The second-order valence-corrected chi connectivity index (χ2v) is 3.83. The Morgan fingerprint density at radius 2 is 2.00 bits per heavy atom. The quantitative estimate of drug-likeness (QED) is 0.762. The maximum atomic E-state index is 11.5. The molecule has 1 heterocycles. The van der Waals surface area contributed by atoms with E-state index in [-0.39, 0.29) is 17.9 Å². The first-order chi connectivity index (χ1) is 8.61. The number of hydrogen-bond acceptors (Lipinski definition) is 4. The molecule has 0 aliphatic carbocycles. The molecule has 2 rings (SSSR count). The summed E-state index contributed by atoms with van der Waals surface area (Å²) >= 11 is 0. The molecule has 94 valence electrons. The van der Waals surface area contributed by atoms with Crippen molar-refractivity contribution >= 4 is 23.4 Å². The van der Waals surface area contributed by atoms with Crippen LogP contribution >= 0.6 is 0 Å². The van der Waals surface area contributed by atoms with Gasteiger partial charge in [-0.2, -0.15) is 0 Å². The van der Waals surface area contributed by atoms with Crippen LogP contribution in [0.1, 0.15) is 27.1 Å². The van der Waals surface area contributed by atoms with Gasteiger partial charge >= 0.3 is 0 Å². The summed E-state index contributed by atoms with van der Waals surface area (Å²) in [6.45, 7) is 0.329. The number of ether oxygens (including phenoxy) is 1. The van der Waals surface area contributed by atoms with Crippen LogP contribution in [0.3, 0.4) is 0 Å². The number of methoxy groups -OCH3 is 1. The number of carbonyl (C=O) groups excluding carboxylic acids is 3. The van der Waals surface area contributed by atoms with Crippen LogP contribution in [0.5, 0.6) is 0 Å². The molecule has 0 radical (unpaired) electrons. The van der Waals surface area contributed by atoms with Crippen molar-refractivity contribution in [3.8, 4) is 0 Å². The first kappa shape index (κ1) is 12.3. The van der Waals surface area contributed by atoms with E-state index in [0.717, 1.165) is 0 Å². The van der Waals surface area contributed by atoms with Crippen LogP contribution in [0.2, 0.25) is 0 Å². The van der Waals surface area contributed by atoms with E-state index in [1.54, 1.807) is 6.07 Å². The number of amides is 3. The van der Waals surface area contributed by atoms with Crippen molar-refractivity contribution in [3.63, 3.8) is 0 Å². The number of benzene rings is 1. The second kappa shape index (κ2) is 4.97. The third kappa shape index (κ3) is 2.38. The summed E-state index contributed by atoms with van der Waals surface area (Å²) in [5.41, 5.74) is 1.10. The Morgan fingerprint density at radius 1 is 1.28 bits per heavy atom. The number of nitrogens with one attached hydrogen (secondary N) is 2. The predicted octanol–water partition coefficient (Wildman–Crippen LogP) is 0.545. The topological polar surface area (TPSA) is 84.5 Å². The minimum Gasteiger partial charge on any atom is -0.384 e. The normalized spacial score (nSPS) is 13.2. The molecule has 3 amide bonds. The van der Waals surface area contributed by atoms with Gasteiger partial charge in [-0.1, -0.05) is 0 Å². The van der Waals surface area contributed by atoms with Crippen molar-refractivity contribution in [2.75, 3.05) is 19.0 Å². The molecule has 0 saturated carbocycles. The molecule has 6 heteroatoms. The average molecular weight is 248 g/mol. The Kier molecular flexibility index (Phi) is 3.38. The van der Waals surface area contributed by atoms with Crippen molar-refractivity contribution in [2.45, 2.75) is 6.42 Å². The van der Waals surface area contributed by atoms with Gasteiger partial charge in [0.1, 0.15) is 0 Å². The van der Waals surface area contributed by atoms with E-state index in [0.29, 0.717) is 17.9 Å². The minimum atomic E-state index is -0.442. The Labute approximate surface area is 103 Å². The lowest BCUT2D eigenvalue weighted by molar-refractivity contribution is -0.117. The van der Waals surface area contributed by atoms with E-state index in [1.165, 1.54) is 19.2 Å². The number of carbonyl (C=O) groups is 3. The molecule has 0 spiro atoms. The Hall–Kier alpha value is -2.21. The van der Waals surface area contributed by atoms with Gasteiger partial charge in [0, 0.05) is 12.8 Å². The SMILES string of the molecule is COCCC(=O)Nc1ccc2c(c1)C(=O)NC2=O. The van der Waals surface area contributed by atoms with Gasteiger partial charge in [-0.25, -0.2) is 0 Å². The first-order valence-corrected chi connectivity index (χ1v) is 5.40. The molecule has 6 nitrogen and oxygen atoms in total. The lowest BCUT2D eigenvalue weighted by Crippen LogP contribution is -2.19. The summed E-state index contributed by atoms with van der Waals surface area (Å²) in [5, 5.41) is 4.82. The van der Waals surface area contributed by atoms with Gasteiger partial charge in [0.05, 0.1) is 24.2 Å². The van der Waals surface area contributed by atoms with Crippen LogP contribution in [0.15, 0.2) is 18.2 Å². The summed E-state index contributed by atoms with van der Waals surface area (Å²) in [6, 6.07) is 4.59. The molecule has 1 aliphatic heterocycles. The fourth-order valence-corrected chi connectivity index (χ4v) is 1.66. The molecule has 0 saturated heterocycles. The van der Waals surface area contributed by atoms with E-state index in [4.69, 9.17) is 4.74 Å². The maximum Gasteiger partial charge on any atom is 0.259 e. The van der Waals surface area contributed by atoms with E-state index in [9.17, 15) is 14.4 Å². The van der Waals surface area contributed by atoms with Gasteiger partial charge < -0.3 is 10.1 Å². The summed E-state index contributed by atoms with van der Waals surface area (Å²) in [6.07, 6.45) is 0.235. The lowest BCUT2D eigenvalue weighted by atomic mass is 10.1. The average Bonchev–Trinajstić information content (AvgIpc) is 2.62. The van der Waals surface area contributed by atoms with Crippen LogP contribution in [-0.4, -0.2) is 31.4 Å². The van der Waals surface area contributed by atoms with E-state index >= 15 is 0 Å². The number of rotatable bonds is 4. The lowest BCUT2D eigenvalue weighted by Gasteiger charge is -2.05. The van der Waals surface area contributed by atoms with E-state index < -0.39 is 11.8 Å². The third-order valence-corrected chi connectivity index (χ3v) is 2.55. The predicted molar refractivity (Wildman–Crippen MR) is 63.4 cm³/mol. The monoisotopic (exact) mass is 248 g/mol. The zero-order valence-electron chi connectivity index (χ0n) is 9.78. The van der Waals surface area contributed by atoms with E-state index in [2.05, 4.69) is 10.6 Å². The van der Waals surface area contributed by atoms with Gasteiger partial charge in [0.2, 0.25) is 5.91 Å². The summed E-state index contributed by atoms with van der Waals surface area (Å²) in [4.78, 5) is 34.2. The van der Waals surface area contributed by atoms with Crippen molar-refractivity contribution in [3.05, 3.63) is 29.3 Å². The molecular formula is C12H12N2O4. The van der Waals surface area contributed by atoms with Gasteiger partial charge in [-0.05, 0) is 18.2 Å². The van der Waals surface area contributed by atoms with Gasteiger partial charge in [-0.15, -0.1) is 0 Å². The smallest absolute Gasteiger partial charge is 0.259 e. The molecule has 1 aromatic rings. The number of imide groups is 1. The molecule has 0 atom stereocenters. The Bertz CT molecular complexity index is 525. The summed E-state index contributed by atoms with van der Waals surface area (Å²) < 4.78 is 4.79. The molecule has 1 aliphatic rings. The zero-order valence-corrected chi connectivity index (χ0v) is 9.78. The third-order valence-electron chi connectivity index (χ3n) is 2.55. The molecule has 2 N–H and O–H groups in total. The highest BCUT2D eigenvalue weighted by atomic mass is 16.5. The number of anilines is 1. The highest BCUT2D eigenvalue weighted by Gasteiger charge is 2.26. The first-order valence-electron chi connectivity index (χ1n) is 5.40. The molecule has 0 unspecified atom stereocenters. The van der Waals surface area contributed by atoms with Gasteiger partial charge in [-0.3, -0.25) is 19.7 Å². The highest BCUT2D eigenvalue weighted by Crippen LogP contribution is 2.20. The van der Waals surface area contributed by atoms with Gasteiger partial charge in [0.15, 0.2) is 0 Å². The van der Waals surface area contributed by atoms with Crippen LogP contribution in [0.25, 0.3) is 0 Å². The molecule has 0 fully saturated rings. The van der Waals surface area contributed by atoms with Crippen LogP contribution < -0.4 is 10.6 Å². The molecule has 0 aromatic heterocycles. The summed E-state index contributed by atoms with van der Waals surface area (Å²) in [7, 11) is 1.51. The van der Waals surface area contributed by atoms with Crippen molar-refractivity contribution < 1.29 is 19.1 Å². The van der Waals surface area contributed by atoms with Crippen LogP contribution in [-0.2, 0) is 9.53 Å². The summed E-state index contributed by atoms with van der Waals surface area (Å²) in [5.74, 6) is -1.06. The van der Waals surface area contributed by atoms with Crippen molar-refractivity contribution in [1.82, 2.24) is 5.32 Å². The molecular weight excluding hydrogens is 236 g/mol. The molecule has 18 heavy (non-hydrogen) atoms.